The molecule has 116 valence electrons. The fourth-order valence-corrected chi connectivity index (χ4v) is 2.40. The van der Waals surface area contributed by atoms with Gasteiger partial charge in [0.1, 0.15) is 5.75 Å². The van der Waals surface area contributed by atoms with Crippen molar-refractivity contribution in [1.82, 2.24) is 10.4 Å². The number of aryl methyl sites for hydroxylation is 2. The van der Waals surface area contributed by atoms with Gasteiger partial charge in [0.05, 0.1) is 12.8 Å². The predicted molar refractivity (Wildman–Crippen MR) is 94.8 cm³/mol. The molecular formula is C16H20N4OS. The summed E-state index contributed by atoms with van der Waals surface area (Å²) in [4.78, 5) is 3.19. The molecule has 0 spiro atoms. The molecule has 0 saturated heterocycles. The highest BCUT2D eigenvalue weighted by Crippen LogP contribution is 2.15. The van der Waals surface area contributed by atoms with Crippen molar-refractivity contribution in [2.75, 3.05) is 12.4 Å². The lowest BCUT2D eigenvalue weighted by atomic mass is 10.1. The lowest BCUT2D eigenvalue weighted by Gasteiger charge is -2.09. The minimum atomic E-state index is 0.440. The maximum Gasteiger partial charge on any atom is 0.191 e. The molecule has 3 N–H and O–H groups in total. The van der Waals surface area contributed by atoms with Gasteiger partial charge in [0, 0.05) is 23.1 Å². The molecule has 0 fully saturated rings. The highest BCUT2D eigenvalue weighted by molar-refractivity contribution is 7.80. The van der Waals surface area contributed by atoms with Gasteiger partial charge < -0.3 is 15.0 Å². The third-order valence-electron chi connectivity index (χ3n) is 3.31. The van der Waals surface area contributed by atoms with Crippen LogP contribution in [0.15, 0.2) is 35.6 Å². The van der Waals surface area contributed by atoms with Crippen LogP contribution < -0.4 is 15.5 Å². The van der Waals surface area contributed by atoms with E-state index in [1.165, 1.54) is 0 Å². The molecule has 0 amide bonds. The second-order valence-corrected chi connectivity index (χ2v) is 5.37. The Hall–Kier alpha value is -2.34. The predicted octanol–water partition coefficient (Wildman–Crippen LogP) is 3.35. The van der Waals surface area contributed by atoms with Crippen LogP contribution in [-0.4, -0.2) is 22.9 Å². The number of nitrogens with zero attached hydrogens (tertiary/aromatic N) is 1. The summed E-state index contributed by atoms with van der Waals surface area (Å²) in [6.45, 7) is 6.02. The molecule has 0 aliphatic carbocycles. The molecule has 5 nitrogen and oxygen atoms in total. The zero-order valence-electron chi connectivity index (χ0n) is 13.2. The molecular weight excluding hydrogens is 296 g/mol. The average Bonchev–Trinajstić information content (AvgIpc) is 2.85. The molecule has 0 radical (unpaired) electrons. The fraction of sp³-hybridized carbons (Fsp3) is 0.250. The van der Waals surface area contributed by atoms with Gasteiger partial charge in [0.15, 0.2) is 5.11 Å². The Morgan fingerprint density at radius 1 is 1.23 bits per heavy atom. The number of aromatic amines is 1. The minimum Gasteiger partial charge on any atom is -0.497 e. The van der Waals surface area contributed by atoms with Gasteiger partial charge in [-0.3, -0.25) is 5.43 Å². The summed E-state index contributed by atoms with van der Waals surface area (Å²) in [5.74, 6) is 0.803. The van der Waals surface area contributed by atoms with Crippen LogP contribution in [0.5, 0.6) is 5.75 Å². The Bertz CT molecular complexity index is 669. The number of aromatic nitrogens is 1. The molecule has 2 rings (SSSR count). The van der Waals surface area contributed by atoms with E-state index in [-0.39, 0.29) is 0 Å². The van der Waals surface area contributed by atoms with Crippen LogP contribution >= 0.6 is 12.2 Å². The number of nitrogens with one attached hydrogen (secondary N) is 3. The Kier molecular flexibility index (Phi) is 5.16. The normalized spacial score (nSPS) is 11.2. The molecule has 0 aliphatic heterocycles. The number of hydrogen-bond donors (Lipinski definition) is 3. The molecule has 0 unspecified atom stereocenters. The van der Waals surface area contributed by atoms with E-state index in [9.17, 15) is 0 Å². The first-order chi connectivity index (χ1) is 10.5. The van der Waals surface area contributed by atoms with E-state index in [4.69, 9.17) is 17.0 Å². The van der Waals surface area contributed by atoms with Crippen molar-refractivity contribution in [1.29, 1.82) is 0 Å². The van der Waals surface area contributed by atoms with Gasteiger partial charge in [-0.2, -0.15) is 5.10 Å². The molecule has 1 aromatic carbocycles. The lowest BCUT2D eigenvalue weighted by molar-refractivity contribution is 0.415. The average molecular weight is 316 g/mol. The van der Waals surface area contributed by atoms with E-state index in [1.807, 2.05) is 51.2 Å². The molecule has 1 aromatic heterocycles. The van der Waals surface area contributed by atoms with Gasteiger partial charge in [-0.1, -0.05) is 0 Å². The Balaban J connectivity index is 1.98. The largest absolute Gasteiger partial charge is 0.497 e. The summed E-state index contributed by atoms with van der Waals surface area (Å²) in [5, 5.41) is 7.85. The van der Waals surface area contributed by atoms with Crippen molar-refractivity contribution in [3.05, 3.63) is 47.3 Å². The topological polar surface area (TPSA) is 61.4 Å². The highest BCUT2D eigenvalue weighted by Gasteiger charge is 2.07. The monoisotopic (exact) mass is 316 g/mol. The summed E-state index contributed by atoms with van der Waals surface area (Å²) in [6, 6.07) is 7.52. The maximum absolute atomic E-state index is 5.24. The SMILES string of the molecule is COc1ccc(NC(=S)N/N=C(\C)c2c(C)c[nH]c2C)cc1. The minimum absolute atomic E-state index is 0.440. The van der Waals surface area contributed by atoms with Gasteiger partial charge in [0.2, 0.25) is 0 Å². The van der Waals surface area contributed by atoms with E-state index < -0.39 is 0 Å². The number of hydrogen-bond acceptors (Lipinski definition) is 3. The summed E-state index contributed by atoms with van der Waals surface area (Å²) in [6.07, 6.45) is 1.97. The first-order valence-corrected chi connectivity index (χ1v) is 7.32. The van der Waals surface area contributed by atoms with Crippen LogP contribution in [0.3, 0.4) is 0 Å². The molecule has 0 aliphatic rings. The van der Waals surface area contributed by atoms with Crippen molar-refractivity contribution in [3.8, 4) is 5.75 Å². The Morgan fingerprint density at radius 3 is 2.45 bits per heavy atom. The number of benzene rings is 1. The number of methoxy groups -OCH3 is 1. The van der Waals surface area contributed by atoms with Crippen LogP contribution in [0.1, 0.15) is 23.7 Å². The van der Waals surface area contributed by atoms with Gasteiger partial charge in [-0.05, 0) is 62.8 Å². The first-order valence-electron chi connectivity index (χ1n) is 6.91. The third kappa shape index (κ3) is 3.85. The number of ether oxygens (including phenoxy) is 1. The van der Waals surface area contributed by atoms with Crippen molar-refractivity contribution in [2.45, 2.75) is 20.8 Å². The Labute approximate surface area is 135 Å². The molecule has 0 atom stereocenters. The van der Waals surface area contributed by atoms with E-state index in [0.717, 1.165) is 34.0 Å². The number of H-pyrrole nitrogens is 1. The zero-order valence-corrected chi connectivity index (χ0v) is 14.0. The van der Waals surface area contributed by atoms with Gasteiger partial charge in [-0.15, -0.1) is 0 Å². The van der Waals surface area contributed by atoms with Crippen LogP contribution in [0.2, 0.25) is 0 Å². The summed E-state index contributed by atoms with van der Waals surface area (Å²) in [7, 11) is 1.64. The van der Waals surface area contributed by atoms with E-state index in [1.54, 1.807) is 7.11 Å². The number of hydrazone groups is 1. The van der Waals surface area contributed by atoms with E-state index >= 15 is 0 Å². The van der Waals surface area contributed by atoms with Gasteiger partial charge >= 0.3 is 0 Å². The van der Waals surface area contributed by atoms with Crippen molar-refractivity contribution < 1.29 is 4.74 Å². The van der Waals surface area contributed by atoms with E-state index in [2.05, 4.69) is 20.8 Å². The van der Waals surface area contributed by atoms with Crippen molar-refractivity contribution >= 4 is 28.7 Å². The van der Waals surface area contributed by atoms with Gasteiger partial charge in [-0.25, -0.2) is 0 Å². The van der Waals surface area contributed by atoms with Crippen molar-refractivity contribution in [3.63, 3.8) is 0 Å². The molecule has 6 heteroatoms. The quantitative estimate of drug-likeness (QED) is 0.460. The van der Waals surface area contributed by atoms with Gasteiger partial charge in [0.25, 0.3) is 0 Å². The van der Waals surface area contributed by atoms with Crippen molar-refractivity contribution in [2.24, 2.45) is 5.10 Å². The summed E-state index contributed by atoms with van der Waals surface area (Å²) in [5.41, 5.74) is 7.99. The van der Waals surface area contributed by atoms with Crippen LogP contribution in [0.25, 0.3) is 0 Å². The van der Waals surface area contributed by atoms with Crippen LogP contribution in [-0.2, 0) is 0 Å². The number of anilines is 1. The molecule has 0 saturated carbocycles. The summed E-state index contributed by atoms with van der Waals surface area (Å²) < 4.78 is 5.12. The number of rotatable bonds is 4. The Morgan fingerprint density at radius 2 is 1.91 bits per heavy atom. The smallest absolute Gasteiger partial charge is 0.191 e. The number of thiocarbonyl (C=S) groups is 1. The molecule has 22 heavy (non-hydrogen) atoms. The second kappa shape index (κ2) is 7.09. The molecule has 1 heterocycles. The lowest BCUT2D eigenvalue weighted by Crippen LogP contribution is -2.25. The first kappa shape index (κ1) is 16.0. The molecule has 0 bridgehead atoms. The maximum atomic E-state index is 5.24. The van der Waals surface area contributed by atoms with Crippen LogP contribution in [0, 0.1) is 13.8 Å². The zero-order chi connectivity index (χ0) is 16.1. The highest BCUT2D eigenvalue weighted by atomic mass is 32.1. The van der Waals surface area contributed by atoms with Crippen LogP contribution in [0.4, 0.5) is 5.69 Å². The summed E-state index contributed by atoms with van der Waals surface area (Å²) >= 11 is 5.24. The molecule has 2 aromatic rings. The van der Waals surface area contributed by atoms with E-state index in [0.29, 0.717) is 5.11 Å². The third-order valence-corrected chi connectivity index (χ3v) is 3.50. The second-order valence-electron chi connectivity index (χ2n) is 4.96. The fourth-order valence-electron chi connectivity index (χ4n) is 2.24. The standard InChI is InChI=1S/C16H20N4OS/c1-10-9-17-11(2)15(10)12(3)19-20-16(22)18-13-5-7-14(21-4)8-6-13/h5-9,17H,1-4H3,(H2,18,20,22)/b19-12+.